The topological polar surface area (TPSA) is 108 Å². The van der Waals surface area contributed by atoms with Gasteiger partial charge < -0.3 is 14.6 Å². The molecule has 0 aromatic heterocycles. The third-order valence-electron chi connectivity index (χ3n) is 5.15. The molecule has 0 fully saturated rings. The Kier molecular flexibility index (Phi) is 6.16. The number of aromatic carboxylic acids is 1. The second-order valence-corrected chi connectivity index (χ2v) is 8.45. The molecule has 1 N–H and O–H groups in total. The maximum atomic E-state index is 11.7. The minimum atomic E-state index is -1.06. The van der Waals surface area contributed by atoms with Crippen molar-refractivity contribution in [2.45, 2.75) is 27.7 Å². The average molecular weight is 431 g/mol. The SMILES string of the molecule is CC(=O)C(C)(C)C.O=C(O)c1ccccc1-c1c2ccc(=O)cc-2oc2cc([O-])ccc12. The van der Waals surface area contributed by atoms with Gasteiger partial charge in [-0.15, -0.1) is 5.75 Å². The van der Waals surface area contributed by atoms with Crippen LogP contribution in [0.25, 0.3) is 33.4 Å². The van der Waals surface area contributed by atoms with Crippen molar-refractivity contribution in [3.63, 3.8) is 0 Å². The molecule has 32 heavy (non-hydrogen) atoms. The number of carboxylic acids is 1. The lowest BCUT2D eigenvalue weighted by Gasteiger charge is -2.17. The van der Waals surface area contributed by atoms with Crippen molar-refractivity contribution in [1.29, 1.82) is 0 Å². The van der Waals surface area contributed by atoms with Crippen molar-refractivity contribution in [3.8, 4) is 28.2 Å². The van der Waals surface area contributed by atoms with E-state index in [1.54, 1.807) is 37.3 Å². The molecule has 0 saturated carbocycles. The van der Waals surface area contributed by atoms with Crippen LogP contribution < -0.4 is 10.5 Å². The Hall–Kier alpha value is -3.93. The predicted octanol–water partition coefficient (Wildman–Crippen LogP) is 4.96. The zero-order valence-corrected chi connectivity index (χ0v) is 18.3. The van der Waals surface area contributed by atoms with E-state index in [2.05, 4.69) is 0 Å². The molecule has 2 aromatic rings. The molecule has 1 aliphatic heterocycles. The number of hydrogen-bond donors (Lipinski definition) is 1. The van der Waals surface area contributed by atoms with Crippen LogP contribution in [-0.2, 0) is 4.79 Å². The molecule has 0 amide bonds. The molecule has 0 bridgehead atoms. The highest BCUT2D eigenvalue weighted by Gasteiger charge is 2.21. The molecule has 6 nitrogen and oxygen atoms in total. The van der Waals surface area contributed by atoms with Crippen molar-refractivity contribution in [2.24, 2.45) is 5.41 Å². The molecular formula is C26H23O6-. The summed E-state index contributed by atoms with van der Waals surface area (Å²) in [5.74, 6) is -0.738. The van der Waals surface area contributed by atoms with Gasteiger partial charge in [0.25, 0.3) is 0 Å². The van der Waals surface area contributed by atoms with Crippen LogP contribution >= 0.6 is 0 Å². The van der Waals surface area contributed by atoms with E-state index in [9.17, 15) is 24.6 Å². The fraction of sp³-hybridized carbons (Fsp3) is 0.192. The molecule has 0 saturated heterocycles. The summed E-state index contributed by atoms with van der Waals surface area (Å²) >= 11 is 0. The number of rotatable bonds is 2. The van der Waals surface area contributed by atoms with Gasteiger partial charge in [0.1, 0.15) is 17.1 Å². The number of fused-ring (bicyclic) bond motifs is 2. The van der Waals surface area contributed by atoms with Crippen LogP contribution in [0.15, 0.2) is 69.9 Å². The summed E-state index contributed by atoms with van der Waals surface area (Å²) in [5.41, 5.74) is 1.80. The van der Waals surface area contributed by atoms with Gasteiger partial charge in [-0.2, -0.15) is 0 Å². The third-order valence-corrected chi connectivity index (χ3v) is 5.15. The van der Waals surface area contributed by atoms with Crippen LogP contribution in [-0.4, -0.2) is 16.9 Å². The summed E-state index contributed by atoms with van der Waals surface area (Å²) in [6.45, 7) is 7.35. The monoisotopic (exact) mass is 431 g/mol. The van der Waals surface area contributed by atoms with Gasteiger partial charge in [0.2, 0.25) is 0 Å². The van der Waals surface area contributed by atoms with Gasteiger partial charge in [0.15, 0.2) is 5.43 Å². The first-order valence-corrected chi connectivity index (χ1v) is 10.0. The van der Waals surface area contributed by atoms with Gasteiger partial charge in [-0.25, -0.2) is 4.79 Å². The van der Waals surface area contributed by atoms with Gasteiger partial charge in [-0.3, -0.25) is 9.59 Å². The number of Topliss-reactive ketones (excluding diaryl/α,β-unsaturated/α-hetero) is 1. The second-order valence-electron chi connectivity index (χ2n) is 8.45. The van der Waals surface area contributed by atoms with E-state index in [0.717, 1.165) is 0 Å². The summed E-state index contributed by atoms with van der Waals surface area (Å²) < 4.78 is 5.72. The Morgan fingerprint density at radius 1 is 0.938 bits per heavy atom. The van der Waals surface area contributed by atoms with E-state index in [4.69, 9.17) is 4.42 Å². The van der Waals surface area contributed by atoms with Gasteiger partial charge >= 0.3 is 5.97 Å². The summed E-state index contributed by atoms with van der Waals surface area (Å²) in [7, 11) is 0. The molecule has 4 rings (SSSR count). The van der Waals surface area contributed by atoms with E-state index in [-0.39, 0.29) is 27.9 Å². The maximum Gasteiger partial charge on any atom is 0.336 e. The summed E-state index contributed by atoms with van der Waals surface area (Å²) in [4.78, 5) is 33.8. The first-order valence-electron chi connectivity index (χ1n) is 10.0. The average Bonchev–Trinajstić information content (AvgIpc) is 2.71. The maximum absolute atomic E-state index is 11.7. The Morgan fingerprint density at radius 3 is 2.22 bits per heavy atom. The molecule has 2 aliphatic rings. The van der Waals surface area contributed by atoms with Gasteiger partial charge in [0, 0.05) is 28.0 Å². The van der Waals surface area contributed by atoms with Crippen molar-refractivity contribution in [1.82, 2.24) is 0 Å². The highest BCUT2D eigenvalue weighted by Crippen LogP contribution is 2.41. The standard InChI is InChI=1S/C20H12O5.C6H12O/c21-11-5-7-15-17(9-11)25-18-10-12(22)6-8-16(18)19(15)13-3-1-2-4-14(13)20(23)24;1-5(7)6(2,3)4/h1-10,21H,(H,23,24);1-4H3/p-1. The third kappa shape index (κ3) is 4.70. The van der Waals surface area contributed by atoms with E-state index in [1.165, 1.54) is 30.3 Å². The molecule has 1 aliphatic carbocycles. The van der Waals surface area contributed by atoms with E-state index < -0.39 is 5.97 Å². The van der Waals surface area contributed by atoms with Gasteiger partial charge in [0.05, 0.1) is 5.56 Å². The van der Waals surface area contributed by atoms with E-state index in [1.807, 2.05) is 20.8 Å². The van der Waals surface area contributed by atoms with Crippen LogP contribution in [0.1, 0.15) is 38.1 Å². The van der Waals surface area contributed by atoms with Crippen LogP contribution in [0, 0.1) is 5.41 Å². The van der Waals surface area contributed by atoms with Crippen molar-refractivity contribution < 1.29 is 24.2 Å². The first-order chi connectivity index (χ1) is 15.0. The Morgan fingerprint density at radius 2 is 1.59 bits per heavy atom. The first kappa shape index (κ1) is 22.7. The number of ketones is 1. The van der Waals surface area contributed by atoms with Crippen LogP contribution in [0.3, 0.4) is 0 Å². The largest absolute Gasteiger partial charge is 0.872 e. The molecule has 2 aromatic carbocycles. The number of benzene rings is 3. The number of hydrogen-bond acceptors (Lipinski definition) is 5. The highest BCUT2D eigenvalue weighted by atomic mass is 16.4. The molecule has 0 unspecified atom stereocenters. The van der Waals surface area contributed by atoms with E-state index in [0.29, 0.717) is 33.4 Å². The zero-order chi connectivity index (χ0) is 23.6. The lowest BCUT2D eigenvalue weighted by molar-refractivity contribution is -0.268. The normalized spacial score (nSPS) is 11.1. The second kappa shape index (κ2) is 8.67. The summed E-state index contributed by atoms with van der Waals surface area (Å²) in [6.07, 6.45) is 0. The van der Waals surface area contributed by atoms with Crippen LogP contribution in [0.5, 0.6) is 5.75 Å². The highest BCUT2D eigenvalue weighted by molar-refractivity contribution is 6.07. The van der Waals surface area contributed by atoms with Gasteiger partial charge in [-0.05, 0) is 36.8 Å². The molecule has 6 heteroatoms. The smallest absolute Gasteiger partial charge is 0.336 e. The Bertz CT molecular complexity index is 1340. The molecule has 0 spiro atoms. The Labute approximate surface area is 185 Å². The minimum Gasteiger partial charge on any atom is -0.872 e. The quantitative estimate of drug-likeness (QED) is 0.450. The van der Waals surface area contributed by atoms with Crippen LogP contribution in [0.4, 0.5) is 0 Å². The number of carbonyl (C=O) groups excluding carboxylic acids is 1. The number of carbonyl (C=O) groups is 2. The van der Waals surface area contributed by atoms with Crippen molar-refractivity contribution in [3.05, 3.63) is 76.5 Å². The van der Waals surface area contributed by atoms with E-state index >= 15 is 0 Å². The molecule has 0 radical (unpaired) electrons. The Balaban J connectivity index is 0.000000360. The van der Waals surface area contributed by atoms with Gasteiger partial charge in [-0.1, -0.05) is 51.1 Å². The fourth-order valence-electron chi connectivity index (χ4n) is 3.03. The lowest BCUT2D eigenvalue weighted by atomic mass is 9.91. The van der Waals surface area contributed by atoms with Crippen LogP contribution in [0.2, 0.25) is 0 Å². The molecule has 0 atom stereocenters. The summed E-state index contributed by atoms with van der Waals surface area (Å²) in [6, 6.07) is 15.3. The molecule has 1 heterocycles. The predicted molar refractivity (Wildman–Crippen MR) is 121 cm³/mol. The fourth-order valence-corrected chi connectivity index (χ4v) is 3.03. The van der Waals surface area contributed by atoms with Crippen molar-refractivity contribution in [2.75, 3.05) is 0 Å². The molecular weight excluding hydrogens is 408 g/mol. The molecule has 164 valence electrons. The van der Waals surface area contributed by atoms with Crippen molar-refractivity contribution >= 4 is 22.7 Å². The lowest BCUT2D eigenvalue weighted by Crippen LogP contribution is -2.15. The zero-order valence-electron chi connectivity index (χ0n) is 18.3. The number of carboxylic acid groups (broad SMARTS) is 1. The summed E-state index contributed by atoms with van der Waals surface area (Å²) in [5, 5.41) is 21.8. The minimum absolute atomic E-state index is 0.133.